The summed E-state index contributed by atoms with van der Waals surface area (Å²) in [4.78, 5) is 11.5. The maximum atomic E-state index is 11.5. The zero-order valence-corrected chi connectivity index (χ0v) is 10.8. The second-order valence-corrected chi connectivity index (χ2v) is 4.70. The molecule has 0 saturated carbocycles. The lowest BCUT2D eigenvalue weighted by atomic mass is 10.0. The van der Waals surface area contributed by atoms with Gasteiger partial charge in [-0.2, -0.15) is 0 Å². The molecular formula is C15H16O5. The molecule has 5 heteroatoms. The van der Waals surface area contributed by atoms with E-state index >= 15 is 0 Å². The molecule has 1 aromatic carbocycles. The molecule has 2 aliphatic rings. The highest BCUT2D eigenvalue weighted by molar-refractivity contribution is 5.83. The van der Waals surface area contributed by atoms with Crippen LogP contribution in [0.1, 0.15) is 22.5 Å². The van der Waals surface area contributed by atoms with Crippen molar-refractivity contribution in [2.75, 3.05) is 13.8 Å². The summed E-state index contributed by atoms with van der Waals surface area (Å²) in [5, 5.41) is 0. The molecule has 5 nitrogen and oxygen atoms in total. The Morgan fingerprint density at radius 2 is 2.30 bits per heavy atom. The van der Waals surface area contributed by atoms with Crippen molar-refractivity contribution in [1.82, 2.24) is 0 Å². The molecule has 0 amide bonds. The number of carbonyl (C=O) groups excluding carboxylic acids is 1. The molecule has 0 N–H and O–H groups in total. The zero-order chi connectivity index (χ0) is 16.4. The minimum absolute atomic E-state index is 0.136. The Kier molecular flexibility index (Phi) is 2.64. The van der Waals surface area contributed by atoms with E-state index in [1.807, 2.05) is 18.2 Å². The number of cyclic esters (lactones) is 1. The molecule has 1 atom stereocenters. The van der Waals surface area contributed by atoms with E-state index in [4.69, 9.17) is 23.1 Å². The van der Waals surface area contributed by atoms with Crippen LogP contribution in [0.3, 0.4) is 0 Å². The number of benzene rings is 1. The van der Waals surface area contributed by atoms with Gasteiger partial charge < -0.3 is 18.9 Å². The summed E-state index contributed by atoms with van der Waals surface area (Å²) in [5.74, 6) is 0.978. The first kappa shape index (κ1) is 9.69. The van der Waals surface area contributed by atoms with Crippen LogP contribution in [0.4, 0.5) is 0 Å². The van der Waals surface area contributed by atoms with Crippen molar-refractivity contribution in [3.05, 3.63) is 35.6 Å². The van der Waals surface area contributed by atoms with Gasteiger partial charge in [-0.05, 0) is 30.5 Å². The van der Waals surface area contributed by atoms with E-state index in [0.29, 0.717) is 24.3 Å². The minimum atomic E-state index is -2.56. The standard InChI is InChI=1S/C15H16O5/c1-17-12-7-11(20-15(16)8-12)4-2-10-3-5-13-14(6-10)19-9-18-13/h3,5-6,8,11H,2,4,7,9H2,1H3/i1D3. The lowest BCUT2D eigenvalue weighted by Crippen LogP contribution is -2.23. The molecule has 1 unspecified atom stereocenters. The van der Waals surface area contributed by atoms with Gasteiger partial charge in [-0.25, -0.2) is 4.79 Å². The van der Waals surface area contributed by atoms with Crippen molar-refractivity contribution in [3.63, 3.8) is 0 Å². The molecule has 0 radical (unpaired) electrons. The molecule has 1 aromatic rings. The first-order valence-electron chi connectivity index (χ1n) is 7.88. The van der Waals surface area contributed by atoms with Crippen LogP contribution in [0.5, 0.6) is 11.5 Å². The largest absolute Gasteiger partial charge is 0.501 e. The first-order chi connectivity index (χ1) is 10.9. The Morgan fingerprint density at radius 3 is 3.20 bits per heavy atom. The number of aryl methyl sites for hydroxylation is 1. The van der Waals surface area contributed by atoms with E-state index in [1.54, 1.807) is 0 Å². The summed E-state index contributed by atoms with van der Waals surface area (Å²) < 4.78 is 41.9. The van der Waals surface area contributed by atoms with Gasteiger partial charge >= 0.3 is 5.97 Å². The maximum Gasteiger partial charge on any atom is 0.334 e. The number of esters is 1. The Balaban J connectivity index is 1.58. The summed E-state index contributed by atoms with van der Waals surface area (Å²) >= 11 is 0. The molecule has 20 heavy (non-hydrogen) atoms. The van der Waals surface area contributed by atoms with Crippen LogP contribution in [0.2, 0.25) is 0 Å². The number of fused-ring (bicyclic) bond motifs is 1. The zero-order valence-electron chi connectivity index (χ0n) is 13.8. The second kappa shape index (κ2) is 5.45. The third kappa shape index (κ3) is 2.71. The average molecular weight is 279 g/mol. The van der Waals surface area contributed by atoms with Crippen LogP contribution in [0, 0.1) is 0 Å². The highest BCUT2D eigenvalue weighted by Gasteiger charge is 2.22. The van der Waals surface area contributed by atoms with Crippen molar-refractivity contribution in [1.29, 1.82) is 0 Å². The molecule has 0 aliphatic carbocycles. The Hall–Kier alpha value is -2.17. The highest BCUT2D eigenvalue weighted by atomic mass is 16.7. The van der Waals surface area contributed by atoms with Crippen LogP contribution in [0.25, 0.3) is 0 Å². The molecular weight excluding hydrogens is 260 g/mol. The number of rotatable bonds is 4. The number of methoxy groups -OCH3 is 1. The SMILES string of the molecule is [2H]C([2H])([2H])OC1=CC(=O)OC(CCc2ccc3c(c2)OCO3)C1. The quantitative estimate of drug-likeness (QED) is 0.791. The molecule has 0 bridgehead atoms. The van der Waals surface area contributed by atoms with Gasteiger partial charge in [-0.1, -0.05) is 6.07 Å². The fourth-order valence-corrected chi connectivity index (χ4v) is 2.31. The normalized spacial score (nSPS) is 23.2. The van der Waals surface area contributed by atoms with Crippen LogP contribution in [-0.2, 0) is 20.7 Å². The van der Waals surface area contributed by atoms with Crippen LogP contribution in [-0.4, -0.2) is 25.9 Å². The fourth-order valence-electron chi connectivity index (χ4n) is 2.31. The van der Waals surface area contributed by atoms with Crippen molar-refractivity contribution >= 4 is 5.97 Å². The van der Waals surface area contributed by atoms with E-state index in [0.717, 1.165) is 11.6 Å². The summed E-state index contributed by atoms with van der Waals surface area (Å²) in [7, 11) is -2.56. The number of hydrogen-bond donors (Lipinski definition) is 0. The van der Waals surface area contributed by atoms with E-state index in [2.05, 4.69) is 0 Å². The molecule has 3 rings (SSSR count). The average Bonchev–Trinajstić information content (AvgIpc) is 2.90. The summed E-state index contributed by atoms with van der Waals surface area (Å²) in [6.07, 6.45) is 2.16. The summed E-state index contributed by atoms with van der Waals surface area (Å²) in [5.41, 5.74) is 1.03. The van der Waals surface area contributed by atoms with Gasteiger partial charge in [0, 0.05) is 6.42 Å². The van der Waals surface area contributed by atoms with Gasteiger partial charge in [-0.3, -0.25) is 0 Å². The highest BCUT2D eigenvalue weighted by Crippen LogP contribution is 2.33. The van der Waals surface area contributed by atoms with Crippen LogP contribution < -0.4 is 9.47 Å². The van der Waals surface area contributed by atoms with Gasteiger partial charge in [0.15, 0.2) is 11.5 Å². The monoisotopic (exact) mass is 279 g/mol. The van der Waals surface area contributed by atoms with Gasteiger partial charge in [0.1, 0.15) is 11.9 Å². The second-order valence-electron chi connectivity index (χ2n) is 4.70. The molecule has 0 fully saturated rings. The van der Waals surface area contributed by atoms with Crippen LogP contribution >= 0.6 is 0 Å². The van der Waals surface area contributed by atoms with Gasteiger partial charge in [-0.15, -0.1) is 0 Å². The van der Waals surface area contributed by atoms with Crippen molar-refractivity contribution in [2.45, 2.75) is 25.4 Å². The van der Waals surface area contributed by atoms with E-state index in [9.17, 15) is 4.79 Å². The molecule has 0 saturated heterocycles. The molecule has 0 spiro atoms. The Labute approximate surface area is 121 Å². The van der Waals surface area contributed by atoms with E-state index in [1.165, 1.54) is 0 Å². The fraction of sp³-hybridized carbons (Fsp3) is 0.400. The van der Waals surface area contributed by atoms with Crippen molar-refractivity contribution in [3.8, 4) is 11.5 Å². The van der Waals surface area contributed by atoms with Gasteiger partial charge in [0.05, 0.1) is 17.2 Å². The Morgan fingerprint density at radius 1 is 1.40 bits per heavy atom. The molecule has 2 aliphatic heterocycles. The maximum absolute atomic E-state index is 11.5. The number of hydrogen-bond acceptors (Lipinski definition) is 5. The third-order valence-corrected chi connectivity index (χ3v) is 3.31. The van der Waals surface area contributed by atoms with Gasteiger partial charge in [0.2, 0.25) is 6.79 Å². The Bertz CT molecular complexity index is 638. The predicted molar refractivity (Wildman–Crippen MR) is 70.5 cm³/mol. The molecule has 2 heterocycles. The van der Waals surface area contributed by atoms with E-state index in [-0.39, 0.29) is 19.0 Å². The summed E-state index contributed by atoms with van der Waals surface area (Å²) in [6.45, 7) is 0.222. The van der Waals surface area contributed by atoms with Crippen molar-refractivity contribution in [2.24, 2.45) is 0 Å². The molecule has 0 aromatic heterocycles. The minimum Gasteiger partial charge on any atom is -0.501 e. The number of ether oxygens (including phenoxy) is 4. The first-order valence-corrected chi connectivity index (χ1v) is 6.38. The summed E-state index contributed by atoms with van der Waals surface area (Å²) in [6, 6.07) is 5.66. The van der Waals surface area contributed by atoms with Gasteiger partial charge in [0.25, 0.3) is 0 Å². The predicted octanol–water partition coefficient (Wildman–Crippen LogP) is 2.19. The topological polar surface area (TPSA) is 54.0 Å². The van der Waals surface area contributed by atoms with Crippen molar-refractivity contribution < 1.29 is 27.9 Å². The van der Waals surface area contributed by atoms with Crippen LogP contribution in [0.15, 0.2) is 30.0 Å². The number of carbonyl (C=O) groups is 1. The van der Waals surface area contributed by atoms with E-state index < -0.39 is 19.1 Å². The lowest BCUT2D eigenvalue weighted by Gasteiger charge is -2.22. The molecule has 106 valence electrons. The lowest BCUT2D eigenvalue weighted by molar-refractivity contribution is -0.145. The smallest absolute Gasteiger partial charge is 0.334 e. The third-order valence-electron chi connectivity index (χ3n) is 3.31.